The number of nitrogens with one attached hydrogen (secondary N) is 3. The monoisotopic (exact) mass is 340 g/mol. The maximum atomic E-state index is 11.9. The predicted octanol–water partition coefficient (Wildman–Crippen LogP) is 0.829. The second-order valence-electron chi connectivity index (χ2n) is 5.34. The van der Waals surface area contributed by atoms with Gasteiger partial charge in [-0.25, -0.2) is 4.79 Å². The van der Waals surface area contributed by atoms with E-state index < -0.39 is 23.9 Å². The molecule has 2 rings (SSSR count). The van der Waals surface area contributed by atoms with Crippen LogP contribution in [0.4, 0.5) is 4.79 Å². The zero-order chi connectivity index (χ0) is 18.1. The number of benzene rings is 2. The lowest BCUT2D eigenvalue weighted by Crippen LogP contribution is -2.45. The van der Waals surface area contributed by atoms with Crippen molar-refractivity contribution in [3.63, 3.8) is 0 Å². The summed E-state index contributed by atoms with van der Waals surface area (Å²) in [6.45, 7) is 0.0828. The number of nitrogens with two attached hydrogens (primary N) is 1. The van der Waals surface area contributed by atoms with Crippen LogP contribution >= 0.6 is 0 Å². The van der Waals surface area contributed by atoms with Gasteiger partial charge in [0, 0.05) is 6.54 Å². The van der Waals surface area contributed by atoms with Gasteiger partial charge in [0.1, 0.15) is 6.04 Å². The SMILES string of the molecule is NC(=O)[C@@H](NC(=O)CNC(=O)NCc1ccccc1)c1ccccc1. The molecule has 7 nitrogen and oxygen atoms in total. The molecule has 0 aromatic heterocycles. The normalized spacial score (nSPS) is 11.2. The smallest absolute Gasteiger partial charge is 0.315 e. The van der Waals surface area contributed by atoms with Crippen molar-refractivity contribution in [2.75, 3.05) is 6.54 Å². The maximum absolute atomic E-state index is 11.9. The van der Waals surface area contributed by atoms with Crippen LogP contribution in [0, 0.1) is 0 Å². The molecule has 0 heterocycles. The molecule has 1 atom stereocenters. The van der Waals surface area contributed by atoms with Gasteiger partial charge in [-0.3, -0.25) is 9.59 Å². The minimum Gasteiger partial charge on any atom is -0.368 e. The summed E-state index contributed by atoms with van der Waals surface area (Å²) in [6, 6.07) is 16.6. The highest BCUT2D eigenvalue weighted by Gasteiger charge is 2.20. The average Bonchev–Trinajstić information content (AvgIpc) is 2.64. The minimum atomic E-state index is -0.942. The number of hydrogen-bond donors (Lipinski definition) is 4. The van der Waals surface area contributed by atoms with Gasteiger partial charge in [0.25, 0.3) is 0 Å². The third kappa shape index (κ3) is 5.98. The molecule has 0 aliphatic rings. The van der Waals surface area contributed by atoms with Gasteiger partial charge >= 0.3 is 6.03 Å². The van der Waals surface area contributed by atoms with Crippen LogP contribution < -0.4 is 21.7 Å². The Morgan fingerprint density at radius 1 is 0.880 bits per heavy atom. The maximum Gasteiger partial charge on any atom is 0.315 e. The molecule has 0 saturated carbocycles. The zero-order valence-corrected chi connectivity index (χ0v) is 13.6. The first-order chi connectivity index (χ1) is 12.1. The van der Waals surface area contributed by atoms with E-state index in [9.17, 15) is 14.4 Å². The van der Waals surface area contributed by atoms with Crippen molar-refractivity contribution in [2.24, 2.45) is 5.73 Å². The van der Waals surface area contributed by atoms with E-state index in [4.69, 9.17) is 5.73 Å². The topological polar surface area (TPSA) is 113 Å². The van der Waals surface area contributed by atoms with Crippen LogP contribution in [0.2, 0.25) is 0 Å². The lowest BCUT2D eigenvalue weighted by atomic mass is 10.1. The molecule has 130 valence electrons. The zero-order valence-electron chi connectivity index (χ0n) is 13.6. The Bertz CT molecular complexity index is 720. The van der Waals surface area contributed by atoms with Crippen molar-refractivity contribution in [2.45, 2.75) is 12.6 Å². The van der Waals surface area contributed by atoms with E-state index in [0.29, 0.717) is 12.1 Å². The van der Waals surface area contributed by atoms with Crippen LogP contribution in [-0.2, 0) is 16.1 Å². The van der Waals surface area contributed by atoms with Crippen molar-refractivity contribution in [3.05, 3.63) is 71.8 Å². The van der Waals surface area contributed by atoms with Gasteiger partial charge < -0.3 is 21.7 Å². The second kappa shape index (κ2) is 9.07. The van der Waals surface area contributed by atoms with Gasteiger partial charge in [-0.2, -0.15) is 0 Å². The van der Waals surface area contributed by atoms with Crippen molar-refractivity contribution in [1.29, 1.82) is 0 Å². The summed E-state index contributed by atoms with van der Waals surface area (Å²) < 4.78 is 0. The first-order valence-corrected chi connectivity index (χ1v) is 7.75. The fourth-order valence-corrected chi connectivity index (χ4v) is 2.18. The van der Waals surface area contributed by atoms with Gasteiger partial charge in [-0.05, 0) is 11.1 Å². The first kappa shape index (κ1) is 18.0. The quantitative estimate of drug-likeness (QED) is 0.598. The third-order valence-electron chi connectivity index (χ3n) is 3.43. The molecule has 0 bridgehead atoms. The van der Waals surface area contributed by atoms with Crippen molar-refractivity contribution < 1.29 is 14.4 Å². The standard InChI is InChI=1S/C18H20N4O3/c19-17(24)16(14-9-5-2-6-10-14)22-15(23)12-21-18(25)20-11-13-7-3-1-4-8-13/h1-10,16H,11-12H2,(H2,19,24)(H,22,23)(H2,20,21,25)/t16-/m0/s1. The van der Waals surface area contributed by atoms with Crippen molar-refractivity contribution in [3.8, 4) is 0 Å². The largest absolute Gasteiger partial charge is 0.368 e. The molecular formula is C18H20N4O3. The van der Waals surface area contributed by atoms with E-state index in [1.807, 2.05) is 30.3 Å². The van der Waals surface area contributed by atoms with E-state index in [2.05, 4.69) is 16.0 Å². The van der Waals surface area contributed by atoms with Gasteiger partial charge in [0.15, 0.2) is 0 Å². The van der Waals surface area contributed by atoms with Crippen LogP contribution in [0.5, 0.6) is 0 Å². The van der Waals surface area contributed by atoms with E-state index in [1.54, 1.807) is 30.3 Å². The van der Waals surface area contributed by atoms with E-state index in [1.165, 1.54) is 0 Å². The first-order valence-electron chi connectivity index (χ1n) is 7.75. The predicted molar refractivity (Wildman–Crippen MR) is 93.2 cm³/mol. The Balaban J connectivity index is 1.79. The molecule has 5 N–H and O–H groups in total. The number of hydrogen-bond acceptors (Lipinski definition) is 3. The third-order valence-corrected chi connectivity index (χ3v) is 3.43. The molecule has 0 fully saturated rings. The molecule has 0 aliphatic carbocycles. The molecule has 25 heavy (non-hydrogen) atoms. The Kier molecular flexibility index (Phi) is 6.53. The molecular weight excluding hydrogens is 320 g/mol. The van der Waals surface area contributed by atoms with E-state index >= 15 is 0 Å². The molecule has 7 heteroatoms. The van der Waals surface area contributed by atoms with Crippen LogP contribution in [0.15, 0.2) is 60.7 Å². The molecule has 0 radical (unpaired) electrons. The molecule has 4 amide bonds. The Morgan fingerprint density at radius 3 is 2.08 bits per heavy atom. The number of rotatable bonds is 7. The van der Waals surface area contributed by atoms with Crippen molar-refractivity contribution in [1.82, 2.24) is 16.0 Å². The summed E-state index contributed by atoms with van der Waals surface area (Å²) in [5.74, 6) is -1.18. The highest BCUT2D eigenvalue weighted by molar-refractivity contribution is 5.89. The van der Waals surface area contributed by atoms with Gasteiger partial charge in [0.05, 0.1) is 6.54 Å². The van der Waals surface area contributed by atoms with Crippen LogP contribution in [0.3, 0.4) is 0 Å². The average molecular weight is 340 g/mol. The van der Waals surface area contributed by atoms with Gasteiger partial charge in [-0.1, -0.05) is 60.7 Å². The molecule has 2 aromatic carbocycles. The summed E-state index contributed by atoms with van der Waals surface area (Å²) in [7, 11) is 0. The number of amides is 4. The fourth-order valence-electron chi connectivity index (χ4n) is 2.18. The molecule has 2 aromatic rings. The lowest BCUT2D eigenvalue weighted by molar-refractivity contribution is -0.126. The van der Waals surface area contributed by atoms with Gasteiger partial charge in [0.2, 0.25) is 11.8 Å². The number of primary amides is 1. The Labute approximate surface area is 145 Å². The Hall–Kier alpha value is -3.35. The highest BCUT2D eigenvalue weighted by atomic mass is 16.2. The number of carbonyl (C=O) groups excluding carboxylic acids is 3. The van der Waals surface area contributed by atoms with Crippen LogP contribution in [-0.4, -0.2) is 24.4 Å². The molecule has 0 unspecified atom stereocenters. The molecule has 0 aliphatic heterocycles. The van der Waals surface area contributed by atoms with Crippen molar-refractivity contribution >= 4 is 17.8 Å². The van der Waals surface area contributed by atoms with E-state index in [0.717, 1.165) is 5.56 Å². The van der Waals surface area contributed by atoms with Gasteiger partial charge in [-0.15, -0.1) is 0 Å². The highest BCUT2D eigenvalue weighted by Crippen LogP contribution is 2.11. The fraction of sp³-hybridized carbons (Fsp3) is 0.167. The summed E-state index contributed by atoms with van der Waals surface area (Å²) in [4.78, 5) is 35.2. The lowest BCUT2D eigenvalue weighted by Gasteiger charge is -2.16. The summed E-state index contributed by atoms with van der Waals surface area (Å²) >= 11 is 0. The minimum absolute atomic E-state index is 0.267. The second-order valence-corrected chi connectivity index (χ2v) is 5.34. The van der Waals surface area contributed by atoms with E-state index in [-0.39, 0.29) is 6.54 Å². The molecule has 0 spiro atoms. The Morgan fingerprint density at radius 2 is 1.48 bits per heavy atom. The number of urea groups is 1. The summed E-state index contributed by atoms with van der Waals surface area (Å²) in [6.07, 6.45) is 0. The van der Waals surface area contributed by atoms with Crippen LogP contribution in [0.25, 0.3) is 0 Å². The number of carbonyl (C=O) groups is 3. The summed E-state index contributed by atoms with van der Waals surface area (Å²) in [5.41, 5.74) is 6.86. The molecule has 0 saturated heterocycles. The van der Waals surface area contributed by atoms with Crippen LogP contribution in [0.1, 0.15) is 17.2 Å². The summed E-state index contributed by atoms with van der Waals surface area (Å²) in [5, 5.41) is 7.58.